The fourth-order valence-corrected chi connectivity index (χ4v) is 2.44. The number of nitrogens with two attached hydrogens (primary N) is 1. The summed E-state index contributed by atoms with van der Waals surface area (Å²) in [5.41, 5.74) is 7.53. The summed E-state index contributed by atoms with van der Waals surface area (Å²) in [5.74, 6) is -0.333. The highest BCUT2D eigenvalue weighted by Gasteiger charge is 2.14. The predicted molar refractivity (Wildman–Crippen MR) is 80.5 cm³/mol. The van der Waals surface area contributed by atoms with Gasteiger partial charge in [0.2, 0.25) is 5.95 Å². The molecule has 3 nitrogen and oxygen atoms in total. The van der Waals surface area contributed by atoms with Gasteiger partial charge >= 0.3 is 0 Å². The number of nitrogen functional groups attached to an aromatic ring is 1. The molecular weight excluding hydrogens is 324 g/mol. The van der Waals surface area contributed by atoms with Gasteiger partial charge in [-0.2, -0.15) is 0 Å². The average Bonchev–Trinajstić information content (AvgIpc) is 2.69. The highest BCUT2D eigenvalue weighted by atomic mass is 35.5. The minimum atomic E-state index is -0.541. The van der Waals surface area contributed by atoms with Crippen LogP contribution in [0.3, 0.4) is 0 Å². The number of nitrogens with zero attached hydrogens (tertiary/aromatic N) is 2. The number of imidazole rings is 1. The zero-order chi connectivity index (χ0) is 14.4. The Kier molecular flexibility index (Phi) is 3.24. The Labute approximate surface area is 128 Å². The van der Waals surface area contributed by atoms with E-state index in [0.717, 1.165) is 0 Å². The third-order valence-corrected chi connectivity index (χ3v) is 3.91. The van der Waals surface area contributed by atoms with E-state index in [1.54, 1.807) is 22.8 Å². The van der Waals surface area contributed by atoms with E-state index in [1.165, 1.54) is 12.1 Å². The number of hydrogen-bond donors (Lipinski definition) is 1. The summed E-state index contributed by atoms with van der Waals surface area (Å²) in [6.45, 7) is 0. The van der Waals surface area contributed by atoms with E-state index in [-0.39, 0.29) is 11.0 Å². The summed E-state index contributed by atoms with van der Waals surface area (Å²) in [6.07, 6.45) is 0. The minimum absolute atomic E-state index is 0.00344. The summed E-state index contributed by atoms with van der Waals surface area (Å²) >= 11 is 17.6. The van der Waals surface area contributed by atoms with Crippen molar-refractivity contribution in [3.05, 3.63) is 51.2 Å². The van der Waals surface area contributed by atoms with Crippen molar-refractivity contribution in [1.82, 2.24) is 9.55 Å². The SMILES string of the molecule is Nc1nc2cc(Cl)c(F)cc2n1-c1ccc(Cl)c(Cl)c1. The number of benzene rings is 2. The van der Waals surface area contributed by atoms with Gasteiger partial charge in [0.1, 0.15) is 5.82 Å². The standard InChI is InChI=1S/C13H7Cl3FN3/c14-7-2-1-6(3-8(7)15)20-12-5-10(17)9(16)4-11(12)19-13(20)18/h1-5H,(H2,18,19). The fourth-order valence-electron chi connectivity index (χ4n) is 1.99. The molecule has 0 aliphatic rings. The maximum absolute atomic E-state index is 13.6. The number of fused-ring (bicyclic) bond motifs is 1. The number of anilines is 1. The molecule has 0 atom stereocenters. The molecule has 0 aliphatic carbocycles. The van der Waals surface area contributed by atoms with Crippen LogP contribution in [0.1, 0.15) is 0 Å². The van der Waals surface area contributed by atoms with Gasteiger partial charge in [-0.25, -0.2) is 9.37 Å². The van der Waals surface area contributed by atoms with E-state index in [9.17, 15) is 4.39 Å². The Morgan fingerprint density at radius 3 is 2.45 bits per heavy atom. The van der Waals surface area contributed by atoms with Gasteiger partial charge in [0.25, 0.3) is 0 Å². The van der Waals surface area contributed by atoms with Crippen molar-refractivity contribution in [3.8, 4) is 5.69 Å². The molecule has 20 heavy (non-hydrogen) atoms. The predicted octanol–water partition coefficient (Wildman–Crippen LogP) is 4.71. The Morgan fingerprint density at radius 1 is 1.00 bits per heavy atom. The minimum Gasteiger partial charge on any atom is -0.369 e. The molecular formula is C13H7Cl3FN3. The van der Waals surface area contributed by atoms with Crippen LogP contribution < -0.4 is 5.73 Å². The number of halogens is 4. The van der Waals surface area contributed by atoms with Crippen molar-refractivity contribution >= 4 is 51.8 Å². The Bertz CT molecular complexity index is 829. The van der Waals surface area contributed by atoms with Gasteiger partial charge in [-0.05, 0) is 24.3 Å². The van der Waals surface area contributed by atoms with Gasteiger partial charge in [0.15, 0.2) is 0 Å². The second-order valence-corrected chi connectivity index (χ2v) is 5.38. The lowest BCUT2D eigenvalue weighted by atomic mass is 10.2. The van der Waals surface area contributed by atoms with Crippen LogP contribution in [0.15, 0.2) is 30.3 Å². The molecule has 2 N–H and O–H groups in total. The van der Waals surface area contributed by atoms with Gasteiger partial charge < -0.3 is 5.73 Å². The third kappa shape index (κ3) is 2.10. The molecule has 1 heterocycles. The lowest BCUT2D eigenvalue weighted by Gasteiger charge is -2.08. The van der Waals surface area contributed by atoms with E-state index < -0.39 is 5.82 Å². The quantitative estimate of drug-likeness (QED) is 0.702. The largest absolute Gasteiger partial charge is 0.369 e. The van der Waals surface area contributed by atoms with Crippen LogP contribution in [-0.2, 0) is 0 Å². The Balaban J connectivity index is 2.32. The summed E-state index contributed by atoms with van der Waals surface area (Å²) < 4.78 is 15.2. The average molecular weight is 331 g/mol. The zero-order valence-electron chi connectivity index (χ0n) is 9.87. The second kappa shape index (κ2) is 4.81. The molecule has 2 aromatic carbocycles. The second-order valence-electron chi connectivity index (χ2n) is 4.16. The summed E-state index contributed by atoms with van der Waals surface area (Å²) in [6, 6.07) is 7.70. The van der Waals surface area contributed by atoms with Crippen LogP contribution in [0.4, 0.5) is 10.3 Å². The van der Waals surface area contributed by atoms with Crippen molar-refractivity contribution in [2.45, 2.75) is 0 Å². The van der Waals surface area contributed by atoms with Gasteiger partial charge in [0.05, 0.1) is 31.8 Å². The summed E-state index contributed by atoms with van der Waals surface area (Å²) in [4.78, 5) is 4.16. The molecule has 7 heteroatoms. The van der Waals surface area contributed by atoms with Crippen LogP contribution in [-0.4, -0.2) is 9.55 Å². The first-order chi connectivity index (χ1) is 9.47. The summed E-state index contributed by atoms with van der Waals surface area (Å²) in [7, 11) is 0. The molecule has 102 valence electrons. The molecule has 0 saturated heterocycles. The Hall–Kier alpha value is -1.49. The number of hydrogen-bond acceptors (Lipinski definition) is 2. The molecule has 0 amide bonds. The molecule has 0 unspecified atom stereocenters. The van der Waals surface area contributed by atoms with Gasteiger partial charge in [-0.3, -0.25) is 4.57 Å². The van der Waals surface area contributed by atoms with Crippen LogP contribution >= 0.6 is 34.8 Å². The van der Waals surface area contributed by atoms with E-state index in [1.807, 2.05) is 0 Å². The topological polar surface area (TPSA) is 43.8 Å². The first kappa shape index (κ1) is 13.5. The highest BCUT2D eigenvalue weighted by Crippen LogP contribution is 2.30. The number of rotatable bonds is 1. The molecule has 0 saturated carbocycles. The van der Waals surface area contributed by atoms with E-state index in [2.05, 4.69) is 4.98 Å². The van der Waals surface area contributed by atoms with Crippen molar-refractivity contribution in [1.29, 1.82) is 0 Å². The van der Waals surface area contributed by atoms with Crippen LogP contribution in [0.2, 0.25) is 15.1 Å². The lowest BCUT2D eigenvalue weighted by Crippen LogP contribution is -2.00. The molecule has 0 fully saturated rings. The highest BCUT2D eigenvalue weighted by molar-refractivity contribution is 6.42. The maximum Gasteiger partial charge on any atom is 0.205 e. The lowest BCUT2D eigenvalue weighted by molar-refractivity contribution is 0.629. The summed E-state index contributed by atoms with van der Waals surface area (Å²) in [5, 5.41) is 0.795. The van der Waals surface area contributed by atoms with E-state index in [4.69, 9.17) is 40.5 Å². The normalized spacial score (nSPS) is 11.2. The smallest absolute Gasteiger partial charge is 0.205 e. The van der Waals surface area contributed by atoms with Crippen molar-refractivity contribution in [2.24, 2.45) is 0 Å². The van der Waals surface area contributed by atoms with Crippen molar-refractivity contribution in [3.63, 3.8) is 0 Å². The van der Waals surface area contributed by atoms with Gasteiger partial charge in [0, 0.05) is 6.07 Å². The molecule has 0 bridgehead atoms. The zero-order valence-corrected chi connectivity index (χ0v) is 12.1. The Morgan fingerprint density at radius 2 is 1.75 bits per heavy atom. The third-order valence-electron chi connectivity index (χ3n) is 2.88. The molecule has 1 aromatic heterocycles. The first-order valence-electron chi connectivity index (χ1n) is 5.56. The molecule has 3 rings (SSSR count). The van der Waals surface area contributed by atoms with Crippen molar-refractivity contribution < 1.29 is 4.39 Å². The van der Waals surface area contributed by atoms with E-state index >= 15 is 0 Å². The van der Waals surface area contributed by atoms with E-state index in [0.29, 0.717) is 26.8 Å². The monoisotopic (exact) mass is 329 g/mol. The van der Waals surface area contributed by atoms with Crippen LogP contribution in [0.25, 0.3) is 16.7 Å². The van der Waals surface area contributed by atoms with Crippen molar-refractivity contribution in [2.75, 3.05) is 5.73 Å². The molecule has 0 aliphatic heterocycles. The number of aromatic nitrogens is 2. The first-order valence-corrected chi connectivity index (χ1v) is 6.69. The molecule has 3 aromatic rings. The molecule has 0 spiro atoms. The van der Waals surface area contributed by atoms with Gasteiger partial charge in [-0.1, -0.05) is 34.8 Å². The van der Waals surface area contributed by atoms with Gasteiger partial charge in [-0.15, -0.1) is 0 Å². The maximum atomic E-state index is 13.6. The van der Waals surface area contributed by atoms with Crippen LogP contribution in [0, 0.1) is 5.82 Å². The molecule has 0 radical (unpaired) electrons. The van der Waals surface area contributed by atoms with Crippen LogP contribution in [0.5, 0.6) is 0 Å². The fraction of sp³-hybridized carbons (Fsp3) is 0.